The van der Waals surface area contributed by atoms with Crippen molar-refractivity contribution in [2.45, 2.75) is 17.8 Å². The Morgan fingerprint density at radius 1 is 1.21 bits per heavy atom. The van der Waals surface area contributed by atoms with Gasteiger partial charge in [0.25, 0.3) is 0 Å². The second kappa shape index (κ2) is 7.25. The van der Waals surface area contributed by atoms with E-state index in [4.69, 9.17) is 5.26 Å². The molecular formula is C17H11F4N5O2S. The average molecular weight is 425 g/mol. The lowest BCUT2D eigenvalue weighted by molar-refractivity contribution is -0.139. The molecule has 7 nitrogen and oxygen atoms in total. The van der Waals surface area contributed by atoms with Crippen molar-refractivity contribution in [2.24, 2.45) is 0 Å². The van der Waals surface area contributed by atoms with Crippen LogP contribution in [0.2, 0.25) is 0 Å². The molecule has 0 radical (unpaired) electrons. The number of hydrogen-bond acceptors (Lipinski definition) is 6. The van der Waals surface area contributed by atoms with Gasteiger partial charge in [-0.05, 0) is 24.3 Å². The quantitative estimate of drug-likeness (QED) is 0.471. The molecule has 3 rings (SSSR count). The molecular weight excluding hydrogens is 414 g/mol. The molecule has 0 fully saturated rings. The fourth-order valence-corrected chi connectivity index (χ4v) is 3.08. The van der Waals surface area contributed by atoms with Crippen molar-refractivity contribution >= 4 is 9.84 Å². The van der Waals surface area contributed by atoms with E-state index in [1.165, 1.54) is 16.8 Å². The number of hydrogen-bond donors (Lipinski definition) is 0. The first-order valence-corrected chi connectivity index (χ1v) is 9.75. The van der Waals surface area contributed by atoms with Crippen molar-refractivity contribution < 1.29 is 26.0 Å². The minimum Gasteiger partial charge on any atom is -0.280 e. The number of halogens is 4. The lowest BCUT2D eigenvalue weighted by atomic mass is 10.1. The van der Waals surface area contributed by atoms with Crippen molar-refractivity contribution in [3.8, 4) is 23.3 Å². The standard InChI is InChI=1S/C17H11F4N5O2S/c1-29(27,28)16-23-7-5-14(25-16)26-11(4-6-22)9-24-15(26)10-2-3-13(18)12(8-10)17(19,20)21/h2-3,5,7-9H,4H2,1H3. The van der Waals surface area contributed by atoms with Crippen LogP contribution in [-0.4, -0.2) is 34.2 Å². The minimum absolute atomic E-state index is 0.0175. The Labute approximate surface area is 162 Å². The van der Waals surface area contributed by atoms with Gasteiger partial charge in [0.1, 0.15) is 17.5 Å². The van der Waals surface area contributed by atoms with E-state index in [1.807, 2.05) is 6.07 Å². The molecule has 2 aromatic heterocycles. The van der Waals surface area contributed by atoms with Gasteiger partial charge in [-0.15, -0.1) is 0 Å². The lowest BCUT2D eigenvalue weighted by Crippen LogP contribution is -2.11. The smallest absolute Gasteiger partial charge is 0.280 e. The Morgan fingerprint density at radius 2 is 1.93 bits per heavy atom. The monoisotopic (exact) mass is 425 g/mol. The summed E-state index contributed by atoms with van der Waals surface area (Å²) < 4.78 is 77.6. The summed E-state index contributed by atoms with van der Waals surface area (Å²) in [5.41, 5.74) is -1.33. The Balaban J connectivity index is 2.26. The van der Waals surface area contributed by atoms with Crippen molar-refractivity contribution in [2.75, 3.05) is 6.26 Å². The number of benzene rings is 1. The molecule has 3 aromatic rings. The Morgan fingerprint density at radius 3 is 2.55 bits per heavy atom. The van der Waals surface area contributed by atoms with Gasteiger partial charge < -0.3 is 0 Å². The summed E-state index contributed by atoms with van der Waals surface area (Å²) in [5.74, 6) is -1.53. The lowest BCUT2D eigenvalue weighted by Gasteiger charge is -2.13. The van der Waals surface area contributed by atoms with Gasteiger partial charge >= 0.3 is 6.18 Å². The molecule has 0 spiro atoms. The second-order valence-corrected chi connectivity index (χ2v) is 7.81. The van der Waals surface area contributed by atoms with Crippen LogP contribution in [0.15, 0.2) is 41.8 Å². The van der Waals surface area contributed by atoms with Gasteiger partial charge in [0, 0.05) is 18.0 Å². The Bertz CT molecular complexity index is 1230. The summed E-state index contributed by atoms with van der Waals surface area (Å²) in [7, 11) is -3.77. The molecule has 0 amide bonds. The number of nitrogens with zero attached hydrogens (tertiary/aromatic N) is 5. The van der Waals surface area contributed by atoms with Gasteiger partial charge in [0.15, 0.2) is 0 Å². The largest absolute Gasteiger partial charge is 0.419 e. The Hall–Kier alpha value is -3.33. The highest BCUT2D eigenvalue weighted by atomic mass is 32.2. The molecule has 0 bridgehead atoms. The second-order valence-electron chi connectivity index (χ2n) is 5.91. The van der Waals surface area contributed by atoms with E-state index in [9.17, 15) is 26.0 Å². The number of alkyl halides is 3. The molecule has 0 saturated carbocycles. The average Bonchev–Trinajstić information content (AvgIpc) is 3.04. The third-order valence-corrected chi connectivity index (χ3v) is 4.66. The van der Waals surface area contributed by atoms with Crippen molar-refractivity contribution in [1.82, 2.24) is 19.5 Å². The summed E-state index contributed by atoms with van der Waals surface area (Å²) >= 11 is 0. The van der Waals surface area contributed by atoms with Crippen LogP contribution in [0.1, 0.15) is 11.3 Å². The van der Waals surface area contributed by atoms with E-state index in [0.717, 1.165) is 18.5 Å². The number of rotatable bonds is 4. The predicted molar refractivity (Wildman–Crippen MR) is 92.0 cm³/mol. The highest BCUT2D eigenvalue weighted by molar-refractivity contribution is 7.90. The van der Waals surface area contributed by atoms with Gasteiger partial charge in [-0.3, -0.25) is 4.57 Å². The van der Waals surface area contributed by atoms with E-state index >= 15 is 0 Å². The van der Waals surface area contributed by atoms with Crippen LogP contribution < -0.4 is 0 Å². The summed E-state index contributed by atoms with van der Waals surface area (Å²) in [6, 6.07) is 5.54. The van der Waals surface area contributed by atoms with E-state index in [1.54, 1.807) is 0 Å². The minimum atomic E-state index is -4.93. The summed E-state index contributed by atoms with van der Waals surface area (Å²) in [6.07, 6.45) is -1.81. The SMILES string of the molecule is CS(=O)(=O)c1nccc(-n2c(CC#N)cnc2-c2ccc(F)c(C(F)(F)F)c2)n1. The van der Waals surface area contributed by atoms with E-state index in [-0.39, 0.29) is 29.3 Å². The fourth-order valence-electron chi connectivity index (χ4n) is 2.57. The van der Waals surface area contributed by atoms with Crippen LogP contribution in [0.4, 0.5) is 17.6 Å². The summed E-state index contributed by atoms with van der Waals surface area (Å²) in [4.78, 5) is 11.6. The van der Waals surface area contributed by atoms with Crippen molar-refractivity contribution in [3.05, 3.63) is 53.7 Å². The van der Waals surface area contributed by atoms with Crippen LogP contribution in [0, 0.1) is 17.1 Å². The normalized spacial score (nSPS) is 12.0. The van der Waals surface area contributed by atoms with E-state index in [2.05, 4.69) is 15.0 Å². The predicted octanol–water partition coefficient (Wildman–Crippen LogP) is 2.96. The van der Waals surface area contributed by atoms with Crippen LogP contribution in [0.3, 0.4) is 0 Å². The van der Waals surface area contributed by atoms with Crippen LogP contribution in [0.25, 0.3) is 17.2 Å². The number of imidazole rings is 1. The molecule has 150 valence electrons. The number of sulfone groups is 1. The zero-order valence-electron chi connectivity index (χ0n) is 14.6. The van der Waals surface area contributed by atoms with Crippen LogP contribution in [0.5, 0.6) is 0 Å². The molecule has 0 aliphatic heterocycles. The highest BCUT2D eigenvalue weighted by Gasteiger charge is 2.34. The fraction of sp³-hybridized carbons (Fsp3) is 0.176. The number of aromatic nitrogens is 4. The van der Waals surface area contributed by atoms with E-state index < -0.39 is 32.6 Å². The van der Waals surface area contributed by atoms with Crippen molar-refractivity contribution in [3.63, 3.8) is 0 Å². The molecule has 0 aliphatic rings. The molecule has 0 atom stereocenters. The zero-order valence-corrected chi connectivity index (χ0v) is 15.5. The van der Waals surface area contributed by atoms with Gasteiger partial charge in [0.05, 0.1) is 29.9 Å². The topological polar surface area (TPSA) is 102 Å². The molecule has 2 heterocycles. The molecule has 0 saturated heterocycles. The van der Waals surface area contributed by atoms with E-state index in [0.29, 0.717) is 12.1 Å². The van der Waals surface area contributed by atoms with Crippen LogP contribution >= 0.6 is 0 Å². The highest BCUT2D eigenvalue weighted by Crippen LogP contribution is 2.34. The van der Waals surface area contributed by atoms with Gasteiger partial charge in [-0.1, -0.05) is 0 Å². The summed E-state index contributed by atoms with van der Waals surface area (Å²) in [6.45, 7) is 0. The maximum atomic E-state index is 13.6. The van der Waals surface area contributed by atoms with Gasteiger partial charge in [-0.25, -0.2) is 27.8 Å². The van der Waals surface area contributed by atoms with Crippen LogP contribution in [-0.2, 0) is 22.4 Å². The molecule has 12 heteroatoms. The molecule has 1 aromatic carbocycles. The molecule has 29 heavy (non-hydrogen) atoms. The molecule has 0 unspecified atom stereocenters. The first kappa shape index (κ1) is 20.4. The van der Waals surface area contributed by atoms with Gasteiger partial charge in [0.2, 0.25) is 15.0 Å². The van der Waals surface area contributed by atoms with Crippen molar-refractivity contribution in [1.29, 1.82) is 5.26 Å². The molecule has 0 N–H and O–H groups in total. The molecule has 0 aliphatic carbocycles. The van der Waals surface area contributed by atoms with Gasteiger partial charge in [-0.2, -0.15) is 18.4 Å². The Kier molecular flexibility index (Phi) is 5.10. The maximum absolute atomic E-state index is 13.6. The third-order valence-electron chi connectivity index (χ3n) is 3.80. The number of nitriles is 1. The first-order valence-electron chi connectivity index (χ1n) is 7.86. The first-order chi connectivity index (χ1) is 13.5. The maximum Gasteiger partial charge on any atom is 0.419 e. The zero-order chi connectivity index (χ0) is 21.4. The summed E-state index contributed by atoms with van der Waals surface area (Å²) in [5, 5.41) is 8.52. The third kappa shape index (κ3) is 4.09.